The number of amides is 2. The normalized spacial score (nSPS) is 20.0. The van der Waals surface area contributed by atoms with Crippen LogP contribution < -0.4 is 4.90 Å². The van der Waals surface area contributed by atoms with Crippen LogP contribution in [0.5, 0.6) is 0 Å². The van der Waals surface area contributed by atoms with E-state index in [2.05, 4.69) is 11.0 Å². The van der Waals surface area contributed by atoms with Crippen molar-refractivity contribution in [3.05, 3.63) is 28.2 Å². The van der Waals surface area contributed by atoms with Crippen molar-refractivity contribution in [3.63, 3.8) is 0 Å². The van der Waals surface area contributed by atoms with E-state index >= 15 is 0 Å². The lowest BCUT2D eigenvalue weighted by Gasteiger charge is -2.30. The summed E-state index contributed by atoms with van der Waals surface area (Å²) in [7, 11) is 0. The van der Waals surface area contributed by atoms with Crippen molar-refractivity contribution < 1.29 is 14.3 Å². The summed E-state index contributed by atoms with van der Waals surface area (Å²) in [6.07, 6.45) is 0.685. The number of carbonyl (C=O) groups is 2. The van der Waals surface area contributed by atoms with Gasteiger partial charge in [0.1, 0.15) is 5.92 Å². The zero-order chi connectivity index (χ0) is 20.8. The molecule has 0 aliphatic carbocycles. The molecule has 0 radical (unpaired) electrons. The average Bonchev–Trinajstić information content (AvgIpc) is 3.12. The van der Waals surface area contributed by atoms with Crippen LogP contribution in [0.4, 0.5) is 5.69 Å². The zero-order valence-electron chi connectivity index (χ0n) is 16.1. The Hall–Kier alpha value is -1.85. The molecule has 0 aromatic heterocycles. The molecule has 2 fully saturated rings. The van der Waals surface area contributed by atoms with Crippen LogP contribution in [-0.2, 0) is 14.3 Å². The zero-order valence-corrected chi connectivity index (χ0v) is 17.7. The summed E-state index contributed by atoms with van der Waals surface area (Å²) in [5.74, 6) is -1.17. The van der Waals surface area contributed by atoms with E-state index in [0.29, 0.717) is 61.5 Å². The van der Waals surface area contributed by atoms with Crippen LogP contribution in [0, 0.1) is 17.2 Å². The van der Waals surface area contributed by atoms with Crippen LogP contribution in [0.25, 0.3) is 0 Å². The number of hydrogen-bond acceptors (Lipinski definition) is 5. The molecule has 7 nitrogen and oxygen atoms in total. The summed E-state index contributed by atoms with van der Waals surface area (Å²) in [4.78, 5) is 31.5. The summed E-state index contributed by atoms with van der Waals surface area (Å²) in [6, 6.07) is 7.10. The van der Waals surface area contributed by atoms with Crippen molar-refractivity contribution in [3.8, 4) is 6.07 Å². The Morgan fingerprint density at radius 3 is 2.66 bits per heavy atom. The Kier molecular flexibility index (Phi) is 7.73. The Bertz CT molecular complexity index is 792. The number of carbonyl (C=O) groups excluding carboxylic acids is 2. The van der Waals surface area contributed by atoms with Crippen molar-refractivity contribution in [1.29, 1.82) is 5.26 Å². The lowest BCUT2D eigenvalue weighted by Crippen LogP contribution is -2.46. The minimum atomic E-state index is -0.729. The number of hydrogen-bond donors (Lipinski definition) is 0. The standard InChI is InChI=1S/C20H24Cl2N4O3/c21-17-3-2-15(14-18(17)22)26-7-4-16(20(26)28)19(27)25(6-1-5-23)9-8-24-10-12-29-13-11-24/h2-3,14,16H,1,4,6-13H2. The minimum absolute atomic E-state index is 0.207. The van der Waals surface area contributed by atoms with Gasteiger partial charge in [-0.15, -0.1) is 0 Å². The van der Waals surface area contributed by atoms with E-state index in [0.717, 1.165) is 13.1 Å². The molecule has 0 N–H and O–H groups in total. The Balaban J connectivity index is 1.65. The van der Waals surface area contributed by atoms with Gasteiger partial charge < -0.3 is 14.5 Å². The van der Waals surface area contributed by atoms with Crippen molar-refractivity contribution in [1.82, 2.24) is 9.80 Å². The molecular formula is C20H24Cl2N4O3. The van der Waals surface area contributed by atoms with Gasteiger partial charge in [-0.05, 0) is 24.6 Å². The van der Waals surface area contributed by atoms with Crippen molar-refractivity contribution in [2.75, 3.05) is 57.4 Å². The third-order valence-corrected chi connectivity index (χ3v) is 6.05. The molecule has 2 amide bonds. The highest BCUT2D eigenvalue weighted by Gasteiger charge is 2.39. The second-order valence-corrected chi connectivity index (χ2v) is 7.93. The third kappa shape index (κ3) is 5.40. The summed E-state index contributed by atoms with van der Waals surface area (Å²) in [5, 5.41) is 9.74. The van der Waals surface area contributed by atoms with Crippen LogP contribution in [0.1, 0.15) is 12.8 Å². The number of morpholine rings is 1. The fourth-order valence-corrected chi connectivity index (χ4v) is 3.94. The van der Waals surface area contributed by atoms with Crippen LogP contribution in [0.3, 0.4) is 0 Å². The second kappa shape index (κ2) is 10.3. The topological polar surface area (TPSA) is 76.9 Å². The van der Waals surface area contributed by atoms with E-state index in [1.807, 2.05) is 0 Å². The molecular weight excluding hydrogens is 415 g/mol. The number of nitriles is 1. The highest BCUT2D eigenvalue weighted by atomic mass is 35.5. The van der Waals surface area contributed by atoms with Gasteiger partial charge in [-0.1, -0.05) is 23.2 Å². The predicted molar refractivity (Wildman–Crippen MR) is 111 cm³/mol. The fourth-order valence-electron chi connectivity index (χ4n) is 3.64. The predicted octanol–water partition coefficient (Wildman–Crippen LogP) is 2.42. The summed E-state index contributed by atoms with van der Waals surface area (Å²) in [6.45, 7) is 5.01. The molecule has 1 aromatic carbocycles. The maximum absolute atomic E-state index is 13.1. The number of halogens is 2. The molecule has 156 valence electrons. The maximum Gasteiger partial charge on any atom is 0.239 e. The van der Waals surface area contributed by atoms with Gasteiger partial charge >= 0.3 is 0 Å². The molecule has 1 aromatic rings. The molecule has 0 spiro atoms. The maximum atomic E-state index is 13.1. The molecule has 9 heteroatoms. The van der Waals surface area contributed by atoms with Gasteiger partial charge in [0.2, 0.25) is 11.8 Å². The summed E-state index contributed by atoms with van der Waals surface area (Å²) < 4.78 is 5.35. The van der Waals surface area contributed by atoms with Gasteiger partial charge in [-0.2, -0.15) is 5.26 Å². The SMILES string of the molecule is N#CCCN(CCN1CCOCC1)C(=O)C1CCN(c2ccc(Cl)c(Cl)c2)C1=O. The Labute approximate surface area is 180 Å². The van der Waals surface area contributed by atoms with Gasteiger partial charge in [0, 0.05) is 45.0 Å². The molecule has 29 heavy (non-hydrogen) atoms. The van der Waals surface area contributed by atoms with E-state index in [1.165, 1.54) is 0 Å². The molecule has 0 bridgehead atoms. The van der Waals surface area contributed by atoms with E-state index < -0.39 is 5.92 Å². The average molecular weight is 439 g/mol. The Morgan fingerprint density at radius 1 is 1.21 bits per heavy atom. The fraction of sp³-hybridized carbons (Fsp3) is 0.550. The minimum Gasteiger partial charge on any atom is -0.379 e. The van der Waals surface area contributed by atoms with Crippen molar-refractivity contribution in [2.45, 2.75) is 12.8 Å². The molecule has 1 atom stereocenters. The lowest BCUT2D eigenvalue weighted by atomic mass is 10.1. The van der Waals surface area contributed by atoms with Gasteiger partial charge in [-0.25, -0.2) is 0 Å². The van der Waals surface area contributed by atoms with Gasteiger partial charge in [0.25, 0.3) is 0 Å². The number of benzene rings is 1. The summed E-state index contributed by atoms with van der Waals surface area (Å²) in [5.41, 5.74) is 0.636. The molecule has 0 saturated carbocycles. The smallest absolute Gasteiger partial charge is 0.239 e. The molecule has 2 heterocycles. The first-order valence-electron chi connectivity index (χ1n) is 9.73. The number of anilines is 1. The first-order valence-corrected chi connectivity index (χ1v) is 10.5. The summed E-state index contributed by atoms with van der Waals surface area (Å²) >= 11 is 12.0. The molecule has 1 unspecified atom stereocenters. The second-order valence-electron chi connectivity index (χ2n) is 7.12. The van der Waals surface area contributed by atoms with E-state index in [9.17, 15) is 9.59 Å². The van der Waals surface area contributed by atoms with E-state index in [4.69, 9.17) is 33.2 Å². The van der Waals surface area contributed by atoms with E-state index in [-0.39, 0.29) is 18.2 Å². The monoisotopic (exact) mass is 438 g/mol. The molecule has 3 rings (SSSR count). The number of ether oxygens (including phenoxy) is 1. The quantitative estimate of drug-likeness (QED) is 0.610. The number of rotatable bonds is 7. The third-order valence-electron chi connectivity index (χ3n) is 5.31. The van der Waals surface area contributed by atoms with Crippen molar-refractivity contribution in [2.24, 2.45) is 5.92 Å². The highest BCUT2D eigenvalue weighted by Crippen LogP contribution is 2.31. The van der Waals surface area contributed by atoms with Crippen LogP contribution in [-0.4, -0.2) is 74.1 Å². The lowest BCUT2D eigenvalue weighted by molar-refractivity contribution is -0.140. The van der Waals surface area contributed by atoms with Crippen LogP contribution in [0.15, 0.2) is 18.2 Å². The largest absolute Gasteiger partial charge is 0.379 e. The first kappa shape index (κ1) is 21.8. The van der Waals surface area contributed by atoms with Gasteiger partial charge in [-0.3, -0.25) is 14.5 Å². The molecule has 2 saturated heterocycles. The van der Waals surface area contributed by atoms with Crippen LogP contribution in [0.2, 0.25) is 10.0 Å². The highest BCUT2D eigenvalue weighted by molar-refractivity contribution is 6.42. The van der Waals surface area contributed by atoms with Gasteiger partial charge in [0.15, 0.2) is 0 Å². The van der Waals surface area contributed by atoms with Gasteiger partial charge in [0.05, 0.1) is 35.7 Å². The van der Waals surface area contributed by atoms with E-state index in [1.54, 1.807) is 28.0 Å². The Morgan fingerprint density at radius 2 is 1.97 bits per heavy atom. The van der Waals surface area contributed by atoms with Crippen LogP contribution >= 0.6 is 23.2 Å². The van der Waals surface area contributed by atoms with Crippen molar-refractivity contribution >= 4 is 40.7 Å². The molecule has 2 aliphatic heterocycles. The molecule has 2 aliphatic rings. The number of nitrogens with zero attached hydrogens (tertiary/aromatic N) is 4. The first-order chi connectivity index (χ1) is 14.0.